The summed E-state index contributed by atoms with van der Waals surface area (Å²) < 4.78 is 15.7. The van der Waals surface area contributed by atoms with Crippen LogP contribution in [-0.4, -0.2) is 48.3 Å². The van der Waals surface area contributed by atoms with Crippen LogP contribution in [0, 0.1) is 11.8 Å². The van der Waals surface area contributed by atoms with E-state index in [0.717, 1.165) is 0 Å². The van der Waals surface area contributed by atoms with Crippen LogP contribution in [0.1, 0.15) is 45.6 Å². The largest absolute Gasteiger partial charge is 0.494 e. The number of ketones is 1. The predicted molar refractivity (Wildman–Crippen MR) is 101 cm³/mol. The highest BCUT2D eigenvalue weighted by atomic mass is 16.5. The fraction of sp³-hybridized carbons (Fsp3) is 0.571. The van der Waals surface area contributed by atoms with Crippen molar-refractivity contribution in [2.24, 2.45) is 11.8 Å². The number of Topliss-reactive ketones (excluding diaryl/α,β-unsaturated/α-hetero) is 1. The number of benzene rings is 1. The van der Waals surface area contributed by atoms with Gasteiger partial charge in [0.2, 0.25) is 0 Å². The molecule has 4 atom stereocenters. The lowest BCUT2D eigenvalue weighted by atomic mass is 9.61. The van der Waals surface area contributed by atoms with E-state index in [1.165, 1.54) is 6.92 Å². The Labute approximate surface area is 165 Å². The van der Waals surface area contributed by atoms with Gasteiger partial charge in [0.1, 0.15) is 11.7 Å². The fourth-order valence-corrected chi connectivity index (χ4v) is 3.83. The van der Waals surface area contributed by atoms with Crippen LogP contribution in [0.4, 0.5) is 0 Å². The molecule has 2 rings (SSSR count). The molecule has 0 bridgehead atoms. The van der Waals surface area contributed by atoms with Crippen LogP contribution in [0.15, 0.2) is 24.3 Å². The first-order chi connectivity index (χ1) is 13.3. The van der Waals surface area contributed by atoms with Gasteiger partial charge in [-0.15, -0.1) is 0 Å². The Kier molecular flexibility index (Phi) is 7.18. The third kappa shape index (κ3) is 4.52. The van der Waals surface area contributed by atoms with Crippen molar-refractivity contribution in [1.29, 1.82) is 0 Å². The Balaban J connectivity index is 2.56. The molecule has 0 aliphatic heterocycles. The fourth-order valence-electron chi connectivity index (χ4n) is 3.83. The van der Waals surface area contributed by atoms with Crippen LogP contribution in [0.2, 0.25) is 0 Å². The summed E-state index contributed by atoms with van der Waals surface area (Å²) >= 11 is 0. The van der Waals surface area contributed by atoms with Crippen LogP contribution in [0.5, 0.6) is 5.75 Å². The molecule has 0 radical (unpaired) electrons. The van der Waals surface area contributed by atoms with Gasteiger partial charge in [-0.25, -0.2) is 0 Å². The molecule has 1 aliphatic rings. The molecule has 0 heterocycles. The predicted octanol–water partition coefficient (Wildman–Crippen LogP) is 2.25. The van der Waals surface area contributed by atoms with Crippen molar-refractivity contribution in [3.8, 4) is 5.75 Å². The molecular weight excluding hydrogens is 364 g/mol. The van der Waals surface area contributed by atoms with Gasteiger partial charge >= 0.3 is 11.9 Å². The molecule has 1 aromatic carbocycles. The second-order valence-electron chi connectivity index (χ2n) is 6.99. The first-order valence-corrected chi connectivity index (χ1v) is 9.57. The third-order valence-corrected chi connectivity index (χ3v) is 4.92. The average Bonchev–Trinajstić information content (AvgIpc) is 2.61. The van der Waals surface area contributed by atoms with E-state index >= 15 is 0 Å². The summed E-state index contributed by atoms with van der Waals surface area (Å²) in [5, 5.41) is 10.9. The second-order valence-corrected chi connectivity index (χ2v) is 6.99. The van der Waals surface area contributed by atoms with Crippen LogP contribution in [0.25, 0.3) is 0 Å². The minimum atomic E-state index is -1.64. The van der Waals surface area contributed by atoms with Crippen LogP contribution in [-0.2, 0) is 23.9 Å². The summed E-state index contributed by atoms with van der Waals surface area (Å²) in [6, 6.07) is 6.81. The molecule has 0 unspecified atom stereocenters. The van der Waals surface area contributed by atoms with E-state index in [4.69, 9.17) is 14.2 Å². The van der Waals surface area contributed by atoms with Crippen molar-refractivity contribution in [3.63, 3.8) is 0 Å². The molecule has 0 spiro atoms. The van der Waals surface area contributed by atoms with Gasteiger partial charge in [0, 0.05) is 12.3 Å². The Morgan fingerprint density at radius 3 is 2.14 bits per heavy atom. The number of hydrogen-bond acceptors (Lipinski definition) is 7. The van der Waals surface area contributed by atoms with Crippen molar-refractivity contribution in [1.82, 2.24) is 0 Å². The van der Waals surface area contributed by atoms with Gasteiger partial charge < -0.3 is 19.3 Å². The lowest BCUT2D eigenvalue weighted by molar-refractivity contribution is -0.172. The van der Waals surface area contributed by atoms with E-state index in [1.54, 1.807) is 38.1 Å². The summed E-state index contributed by atoms with van der Waals surface area (Å²) in [5.74, 6) is -4.34. The Bertz CT molecular complexity index is 708. The molecule has 1 aromatic rings. The SMILES string of the molecule is CCOC(=O)[C@H]1C(=O)C[C@@](C)(O)[C@@H](C(=O)OCC)[C@@H]1c1ccc(OCC)cc1. The number of rotatable bonds is 7. The zero-order valence-electron chi connectivity index (χ0n) is 16.8. The number of carbonyl (C=O) groups excluding carboxylic acids is 3. The van der Waals surface area contributed by atoms with Crippen LogP contribution < -0.4 is 4.74 Å². The van der Waals surface area contributed by atoms with Crippen molar-refractivity contribution < 1.29 is 33.7 Å². The Hall–Kier alpha value is -2.41. The molecule has 0 saturated heterocycles. The molecule has 28 heavy (non-hydrogen) atoms. The maximum absolute atomic E-state index is 12.8. The molecule has 154 valence electrons. The van der Waals surface area contributed by atoms with Gasteiger partial charge in [-0.05, 0) is 45.4 Å². The first-order valence-electron chi connectivity index (χ1n) is 9.57. The molecule has 1 aliphatic carbocycles. The standard InChI is InChI=1S/C21H28O7/c1-5-26-14-10-8-13(9-11-14)16-17(19(23)27-6-2)15(22)12-21(4,25)18(16)20(24)28-7-3/h8-11,16-18,25H,5-7,12H2,1-4H3/t16-,17+,18-,21-/m1/s1. The van der Waals surface area contributed by atoms with E-state index in [9.17, 15) is 19.5 Å². The maximum Gasteiger partial charge on any atom is 0.317 e. The minimum Gasteiger partial charge on any atom is -0.494 e. The van der Waals surface area contributed by atoms with Crippen molar-refractivity contribution in [3.05, 3.63) is 29.8 Å². The number of ether oxygens (including phenoxy) is 3. The van der Waals surface area contributed by atoms with E-state index in [0.29, 0.717) is 17.9 Å². The summed E-state index contributed by atoms with van der Waals surface area (Å²) in [7, 11) is 0. The number of carbonyl (C=O) groups is 3. The zero-order valence-corrected chi connectivity index (χ0v) is 16.8. The summed E-state index contributed by atoms with van der Waals surface area (Å²) in [4.78, 5) is 38.1. The molecule has 0 aromatic heterocycles. The van der Waals surface area contributed by atoms with E-state index in [1.807, 2.05) is 6.92 Å². The normalized spacial score (nSPS) is 27.2. The lowest BCUT2D eigenvalue weighted by Gasteiger charge is -2.43. The summed E-state index contributed by atoms with van der Waals surface area (Å²) in [6.07, 6.45) is -0.326. The quantitative estimate of drug-likeness (QED) is 0.561. The maximum atomic E-state index is 12.8. The second kappa shape index (κ2) is 9.19. The zero-order chi connectivity index (χ0) is 20.9. The van der Waals surface area contributed by atoms with Gasteiger partial charge in [0.25, 0.3) is 0 Å². The molecule has 7 nitrogen and oxygen atoms in total. The van der Waals surface area contributed by atoms with E-state index in [-0.39, 0.29) is 19.6 Å². The van der Waals surface area contributed by atoms with Gasteiger partial charge in [0.15, 0.2) is 5.78 Å². The molecule has 1 saturated carbocycles. The van der Waals surface area contributed by atoms with Gasteiger partial charge in [0.05, 0.1) is 31.3 Å². The molecule has 1 fully saturated rings. The number of esters is 2. The summed E-state index contributed by atoms with van der Waals surface area (Å²) in [6.45, 7) is 7.32. The monoisotopic (exact) mass is 392 g/mol. The smallest absolute Gasteiger partial charge is 0.317 e. The number of hydrogen-bond donors (Lipinski definition) is 1. The Morgan fingerprint density at radius 2 is 1.61 bits per heavy atom. The lowest BCUT2D eigenvalue weighted by Crippen LogP contribution is -2.55. The highest BCUT2D eigenvalue weighted by Crippen LogP contribution is 2.46. The van der Waals surface area contributed by atoms with Crippen molar-refractivity contribution >= 4 is 17.7 Å². The summed E-state index contributed by atoms with van der Waals surface area (Å²) in [5.41, 5.74) is -1.08. The molecule has 0 amide bonds. The average molecular weight is 392 g/mol. The van der Waals surface area contributed by atoms with E-state index < -0.39 is 41.1 Å². The van der Waals surface area contributed by atoms with Crippen molar-refractivity contribution in [2.75, 3.05) is 19.8 Å². The Morgan fingerprint density at radius 1 is 1.04 bits per heavy atom. The number of aliphatic hydroxyl groups is 1. The molecular formula is C21H28O7. The first kappa shape index (κ1) is 21.9. The topological polar surface area (TPSA) is 99.1 Å². The van der Waals surface area contributed by atoms with Crippen LogP contribution in [0.3, 0.4) is 0 Å². The molecule has 1 N–H and O–H groups in total. The van der Waals surface area contributed by atoms with Crippen LogP contribution >= 0.6 is 0 Å². The van der Waals surface area contributed by atoms with Gasteiger partial charge in [-0.2, -0.15) is 0 Å². The van der Waals surface area contributed by atoms with Crippen molar-refractivity contribution in [2.45, 2.75) is 45.6 Å². The minimum absolute atomic E-state index is 0.110. The third-order valence-electron chi connectivity index (χ3n) is 4.92. The van der Waals surface area contributed by atoms with Gasteiger partial charge in [-0.1, -0.05) is 12.1 Å². The molecule has 7 heteroatoms. The van der Waals surface area contributed by atoms with Gasteiger partial charge in [-0.3, -0.25) is 14.4 Å². The van der Waals surface area contributed by atoms with E-state index in [2.05, 4.69) is 0 Å². The highest BCUT2D eigenvalue weighted by Gasteiger charge is 2.57. The highest BCUT2D eigenvalue weighted by molar-refractivity contribution is 6.02.